The smallest absolute Gasteiger partial charge is 0.252 e. The Morgan fingerprint density at radius 3 is 2.95 bits per heavy atom. The summed E-state index contributed by atoms with van der Waals surface area (Å²) >= 11 is 0. The van der Waals surface area contributed by atoms with Crippen molar-refractivity contribution in [3.05, 3.63) is 42.1 Å². The number of hydrogen-bond donors (Lipinski definition) is 1. The van der Waals surface area contributed by atoms with E-state index in [-0.39, 0.29) is 11.9 Å². The minimum absolute atomic E-state index is 0.00389. The van der Waals surface area contributed by atoms with Gasteiger partial charge in [0.2, 0.25) is 0 Å². The topological polar surface area (TPSA) is 45.2 Å². The third-order valence-electron chi connectivity index (χ3n) is 4.18. The van der Waals surface area contributed by atoms with Gasteiger partial charge in [-0.05, 0) is 38.5 Å². The van der Waals surface area contributed by atoms with E-state index in [0.29, 0.717) is 11.6 Å². The molecule has 1 atom stereocenters. The van der Waals surface area contributed by atoms with Gasteiger partial charge >= 0.3 is 0 Å². The molecule has 1 amide bonds. The molecule has 4 heteroatoms. The number of carbonyl (C=O) groups is 1. The van der Waals surface area contributed by atoms with Crippen molar-refractivity contribution in [1.82, 2.24) is 15.2 Å². The van der Waals surface area contributed by atoms with E-state index in [9.17, 15) is 4.79 Å². The molecule has 4 nitrogen and oxygen atoms in total. The van der Waals surface area contributed by atoms with Crippen molar-refractivity contribution in [2.24, 2.45) is 0 Å². The number of fused-ring (bicyclic) bond motifs is 1. The first-order chi connectivity index (χ1) is 10.1. The first-order valence-corrected chi connectivity index (χ1v) is 7.54. The maximum atomic E-state index is 12.5. The van der Waals surface area contributed by atoms with E-state index in [1.807, 2.05) is 30.3 Å². The minimum Gasteiger partial charge on any atom is -0.348 e. The summed E-state index contributed by atoms with van der Waals surface area (Å²) in [5, 5.41) is 4.08. The molecule has 1 unspecified atom stereocenters. The highest BCUT2D eigenvalue weighted by Gasteiger charge is 2.25. The predicted octanol–water partition coefficient (Wildman–Crippen LogP) is 2.45. The summed E-state index contributed by atoms with van der Waals surface area (Å²) in [6.07, 6.45) is 2.77. The summed E-state index contributed by atoms with van der Waals surface area (Å²) in [5.74, 6) is 0.00389. The minimum atomic E-state index is 0.00389. The zero-order chi connectivity index (χ0) is 14.8. The van der Waals surface area contributed by atoms with Gasteiger partial charge < -0.3 is 5.32 Å². The molecule has 21 heavy (non-hydrogen) atoms. The average molecular weight is 283 g/mol. The van der Waals surface area contributed by atoms with Gasteiger partial charge in [-0.2, -0.15) is 0 Å². The Balaban J connectivity index is 1.76. The summed E-state index contributed by atoms with van der Waals surface area (Å²) in [4.78, 5) is 19.2. The molecule has 1 aliphatic rings. The van der Waals surface area contributed by atoms with Crippen LogP contribution < -0.4 is 5.32 Å². The van der Waals surface area contributed by atoms with Gasteiger partial charge in [-0.15, -0.1) is 0 Å². The highest BCUT2D eigenvalue weighted by molar-refractivity contribution is 6.06. The molecule has 0 aliphatic carbocycles. The zero-order valence-electron chi connectivity index (χ0n) is 12.5. The number of amides is 1. The number of nitrogens with zero attached hydrogens (tertiary/aromatic N) is 2. The Morgan fingerprint density at radius 2 is 2.19 bits per heavy atom. The average Bonchev–Trinajstić information content (AvgIpc) is 2.95. The summed E-state index contributed by atoms with van der Waals surface area (Å²) < 4.78 is 0. The third kappa shape index (κ3) is 2.90. The van der Waals surface area contributed by atoms with Gasteiger partial charge in [0.15, 0.2) is 0 Å². The van der Waals surface area contributed by atoms with E-state index in [1.54, 1.807) is 6.20 Å². The maximum Gasteiger partial charge on any atom is 0.252 e. The van der Waals surface area contributed by atoms with E-state index in [4.69, 9.17) is 0 Å². The van der Waals surface area contributed by atoms with Gasteiger partial charge in [0.1, 0.15) is 0 Å². The molecule has 1 fully saturated rings. The van der Waals surface area contributed by atoms with Gasteiger partial charge in [0.05, 0.1) is 5.52 Å². The van der Waals surface area contributed by atoms with Crippen LogP contribution in [0.4, 0.5) is 0 Å². The molecule has 110 valence electrons. The Hall–Kier alpha value is -1.94. The van der Waals surface area contributed by atoms with Crippen LogP contribution in [0.1, 0.15) is 30.6 Å². The quantitative estimate of drug-likeness (QED) is 0.941. The molecule has 1 N–H and O–H groups in total. The van der Waals surface area contributed by atoms with Crippen LogP contribution in [-0.2, 0) is 0 Å². The van der Waals surface area contributed by atoms with Crippen LogP contribution in [0, 0.1) is 0 Å². The molecule has 2 aromatic rings. The van der Waals surface area contributed by atoms with Crippen LogP contribution >= 0.6 is 0 Å². The number of hydrogen-bond acceptors (Lipinski definition) is 3. The largest absolute Gasteiger partial charge is 0.348 e. The summed E-state index contributed by atoms with van der Waals surface area (Å²) in [6, 6.07) is 10.3. The second kappa shape index (κ2) is 5.82. The molecule has 3 rings (SSSR count). The Bertz CT molecular complexity index is 648. The molecule has 1 aromatic carbocycles. The van der Waals surface area contributed by atoms with Gasteiger partial charge in [-0.25, -0.2) is 0 Å². The van der Waals surface area contributed by atoms with Crippen LogP contribution in [0.3, 0.4) is 0 Å². The second-order valence-electron chi connectivity index (χ2n) is 5.92. The fourth-order valence-corrected chi connectivity index (χ4v) is 2.94. The lowest BCUT2D eigenvalue weighted by molar-refractivity contribution is 0.0938. The standard InChI is InChI=1S/C17H21N3O/c1-12(2)20-10-8-13(11-20)19-17(21)15-5-3-7-16-14(15)6-4-9-18-16/h3-7,9,12-13H,8,10-11H2,1-2H3,(H,19,21). The lowest BCUT2D eigenvalue weighted by Crippen LogP contribution is -2.38. The van der Waals surface area contributed by atoms with Crippen molar-refractivity contribution >= 4 is 16.8 Å². The lowest BCUT2D eigenvalue weighted by Gasteiger charge is -2.20. The van der Waals surface area contributed by atoms with E-state index >= 15 is 0 Å². The van der Waals surface area contributed by atoms with Crippen molar-refractivity contribution in [3.63, 3.8) is 0 Å². The normalized spacial score (nSPS) is 19.3. The number of benzene rings is 1. The van der Waals surface area contributed by atoms with Crippen LogP contribution in [0.2, 0.25) is 0 Å². The Morgan fingerprint density at radius 1 is 1.33 bits per heavy atom. The number of aromatic nitrogens is 1. The van der Waals surface area contributed by atoms with Crippen LogP contribution in [0.5, 0.6) is 0 Å². The van der Waals surface area contributed by atoms with Crippen LogP contribution in [0.15, 0.2) is 36.5 Å². The molecule has 0 spiro atoms. The fourth-order valence-electron chi connectivity index (χ4n) is 2.94. The van der Waals surface area contributed by atoms with Gasteiger partial charge in [0.25, 0.3) is 5.91 Å². The molecular formula is C17H21N3O. The van der Waals surface area contributed by atoms with Gasteiger partial charge in [0, 0.05) is 42.3 Å². The molecule has 0 bridgehead atoms. The molecule has 1 aromatic heterocycles. The van der Waals surface area contributed by atoms with Crippen molar-refractivity contribution < 1.29 is 4.79 Å². The molecule has 2 heterocycles. The van der Waals surface area contributed by atoms with E-state index in [2.05, 4.69) is 29.0 Å². The van der Waals surface area contributed by atoms with E-state index in [1.165, 1.54) is 0 Å². The molecule has 0 radical (unpaired) electrons. The van der Waals surface area contributed by atoms with Crippen molar-refractivity contribution in [3.8, 4) is 0 Å². The monoisotopic (exact) mass is 283 g/mol. The second-order valence-corrected chi connectivity index (χ2v) is 5.92. The number of pyridine rings is 1. The summed E-state index contributed by atoms with van der Waals surface area (Å²) in [6.45, 7) is 6.38. The fraction of sp³-hybridized carbons (Fsp3) is 0.412. The number of likely N-dealkylation sites (tertiary alicyclic amines) is 1. The van der Waals surface area contributed by atoms with Crippen molar-refractivity contribution in [2.75, 3.05) is 13.1 Å². The summed E-state index contributed by atoms with van der Waals surface area (Å²) in [7, 11) is 0. The third-order valence-corrected chi connectivity index (χ3v) is 4.18. The molecular weight excluding hydrogens is 262 g/mol. The van der Waals surface area contributed by atoms with Crippen LogP contribution in [0.25, 0.3) is 10.9 Å². The van der Waals surface area contributed by atoms with Gasteiger partial charge in [-0.3, -0.25) is 14.7 Å². The maximum absolute atomic E-state index is 12.5. The molecule has 0 saturated carbocycles. The Labute approximate surface area is 125 Å². The number of nitrogens with one attached hydrogen (secondary N) is 1. The number of rotatable bonds is 3. The number of carbonyl (C=O) groups excluding carboxylic acids is 1. The highest BCUT2D eigenvalue weighted by Crippen LogP contribution is 2.18. The summed E-state index contributed by atoms with van der Waals surface area (Å²) in [5.41, 5.74) is 1.57. The SMILES string of the molecule is CC(C)N1CCC(NC(=O)c2cccc3ncccc23)C1. The van der Waals surface area contributed by atoms with Crippen molar-refractivity contribution in [1.29, 1.82) is 0 Å². The highest BCUT2D eigenvalue weighted by atomic mass is 16.1. The lowest BCUT2D eigenvalue weighted by atomic mass is 10.1. The van der Waals surface area contributed by atoms with Crippen molar-refractivity contribution in [2.45, 2.75) is 32.4 Å². The van der Waals surface area contributed by atoms with E-state index in [0.717, 1.165) is 30.4 Å². The predicted molar refractivity (Wildman–Crippen MR) is 84.3 cm³/mol. The first kappa shape index (κ1) is 14.0. The zero-order valence-corrected chi connectivity index (χ0v) is 12.5. The first-order valence-electron chi connectivity index (χ1n) is 7.54. The Kier molecular flexibility index (Phi) is 3.88. The van der Waals surface area contributed by atoms with Gasteiger partial charge in [-0.1, -0.05) is 12.1 Å². The van der Waals surface area contributed by atoms with E-state index < -0.39 is 0 Å². The van der Waals surface area contributed by atoms with Crippen LogP contribution in [-0.4, -0.2) is 41.0 Å². The molecule has 1 aliphatic heterocycles. The molecule has 1 saturated heterocycles.